The lowest BCUT2D eigenvalue weighted by Crippen LogP contribution is -2.47. The molecule has 0 spiro atoms. The highest BCUT2D eigenvalue weighted by Crippen LogP contribution is 2.20. The zero-order valence-electron chi connectivity index (χ0n) is 19.2. The molecule has 33 heavy (non-hydrogen) atoms. The molecule has 1 heterocycles. The summed E-state index contributed by atoms with van der Waals surface area (Å²) in [6.45, 7) is 6.15. The van der Waals surface area contributed by atoms with Crippen molar-refractivity contribution in [1.82, 2.24) is 15.1 Å². The van der Waals surface area contributed by atoms with E-state index in [2.05, 4.69) is 19.2 Å². The maximum absolute atomic E-state index is 13.3. The predicted octanol–water partition coefficient (Wildman–Crippen LogP) is 4.71. The summed E-state index contributed by atoms with van der Waals surface area (Å²) in [7, 11) is 0. The van der Waals surface area contributed by atoms with Crippen LogP contribution in [0.5, 0.6) is 5.75 Å². The van der Waals surface area contributed by atoms with Crippen molar-refractivity contribution in [1.29, 1.82) is 0 Å². The highest BCUT2D eigenvalue weighted by atomic mass is 19.1. The molecule has 178 valence electrons. The molecule has 3 rings (SSSR count). The van der Waals surface area contributed by atoms with E-state index in [1.54, 1.807) is 17.0 Å². The second kappa shape index (κ2) is 11.5. The van der Waals surface area contributed by atoms with E-state index in [0.29, 0.717) is 32.0 Å². The average molecular weight is 458 g/mol. The van der Waals surface area contributed by atoms with Crippen molar-refractivity contribution in [3.05, 3.63) is 65.5 Å². The molecule has 1 aliphatic rings. The molecule has 3 amide bonds. The van der Waals surface area contributed by atoms with Crippen LogP contribution in [0.3, 0.4) is 0 Å². The van der Waals surface area contributed by atoms with E-state index in [4.69, 9.17) is 4.74 Å². The second-order valence-electron chi connectivity index (χ2n) is 8.79. The number of halogens is 1. The minimum absolute atomic E-state index is 0.258. The van der Waals surface area contributed by atoms with Gasteiger partial charge in [0.2, 0.25) is 0 Å². The van der Waals surface area contributed by atoms with Crippen LogP contribution in [0, 0.1) is 11.7 Å². The number of hydrogen-bond acceptors (Lipinski definition) is 3. The summed E-state index contributed by atoms with van der Waals surface area (Å²) in [4.78, 5) is 27.6. The molecule has 2 N–H and O–H groups in total. The monoisotopic (exact) mass is 457 g/mol. The second-order valence-corrected chi connectivity index (χ2v) is 8.79. The van der Waals surface area contributed by atoms with Crippen molar-refractivity contribution >= 4 is 12.1 Å². The molecule has 7 nitrogen and oxygen atoms in total. The van der Waals surface area contributed by atoms with Gasteiger partial charge in [-0.25, -0.2) is 14.0 Å². The first-order chi connectivity index (χ1) is 15.8. The molecule has 1 atom stereocenters. The fourth-order valence-corrected chi connectivity index (χ4v) is 3.82. The number of likely N-dealkylation sites (tertiary alicyclic amines) is 1. The lowest BCUT2D eigenvalue weighted by molar-refractivity contribution is 0.125. The van der Waals surface area contributed by atoms with E-state index in [-0.39, 0.29) is 31.0 Å². The Kier molecular flexibility index (Phi) is 8.52. The van der Waals surface area contributed by atoms with Crippen LogP contribution in [0.25, 0.3) is 0 Å². The van der Waals surface area contributed by atoms with Gasteiger partial charge in [-0.1, -0.05) is 38.1 Å². The van der Waals surface area contributed by atoms with E-state index in [1.165, 1.54) is 17.0 Å². The Morgan fingerprint density at radius 1 is 1.15 bits per heavy atom. The number of carbonyl (C=O) groups excluding carboxylic acids is 1. The standard InChI is InChI=1S/C25H32FN3O4/c1-18(2)17-33-23-11-7-19(8-12-23)14-27-24(30)28(15-20-5-9-21(26)10-6-20)16-22-4-3-13-29(22)25(31)32/h5-12,18,22H,3-4,13-17H2,1-2H3,(H,27,30)(H,31,32)/t22-/m0/s1. The van der Waals surface area contributed by atoms with Crippen LogP contribution in [0.2, 0.25) is 0 Å². The molecule has 0 radical (unpaired) electrons. The highest BCUT2D eigenvalue weighted by molar-refractivity contribution is 5.74. The van der Waals surface area contributed by atoms with Gasteiger partial charge < -0.3 is 25.0 Å². The van der Waals surface area contributed by atoms with E-state index in [9.17, 15) is 19.1 Å². The van der Waals surface area contributed by atoms with Crippen molar-refractivity contribution in [3.63, 3.8) is 0 Å². The molecule has 0 unspecified atom stereocenters. The van der Waals surface area contributed by atoms with Crippen molar-refractivity contribution < 1.29 is 23.8 Å². The van der Waals surface area contributed by atoms with Crippen molar-refractivity contribution in [2.24, 2.45) is 5.92 Å². The zero-order valence-corrected chi connectivity index (χ0v) is 19.2. The summed E-state index contributed by atoms with van der Waals surface area (Å²) in [5, 5.41) is 12.4. The number of carbonyl (C=O) groups is 2. The third kappa shape index (κ3) is 7.37. The molecular formula is C25H32FN3O4. The predicted molar refractivity (Wildman–Crippen MR) is 124 cm³/mol. The maximum atomic E-state index is 13.3. The van der Waals surface area contributed by atoms with Crippen molar-refractivity contribution in [2.45, 2.75) is 45.8 Å². The summed E-state index contributed by atoms with van der Waals surface area (Å²) in [6.07, 6.45) is 0.505. The van der Waals surface area contributed by atoms with E-state index in [1.807, 2.05) is 24.3 Å². The van der Waals surface area contributed by atoms with E-state index < -0.39 is 6.09 Å². The molecule has 0 aliphatic carbocycles. The summed E-state index contributed by atoms with van der Waals surface area (Å²) in [5.74, 6) is 0.878. The third-order valence-corrected chi connectivity index (χ3v) is 5.58. The summed E-state index contributed by atoms with van der Waals surface area (Å²) in [6, 6.07) is 13.0. The molecule has 0 aromatic heterocycles. The number of nitrogens with one attached hydrogen (secondary N) is 1. The quantitative estimate of drug-likeness (QED) is 0.571. The van der Waals surface area contributed by atoms with Crippen LogP contribution in [0.4, 0.5) is 14.0 Å². The number of amides is 3. The Morgan fingerprint density at radius 3 is 2.45 bits per heavy atom. The molecule has 1 saturated heterocycles. The van der Waals surface area contributed by atoms with Gasteiger partial charge in [-0.05, 0) is 54.2 Å². The Balaban J connectivity index is 1.64. The molecule has 1 fully saturated rings. The van der Waals surface area contributed by atoms with Gasteiger partial charge in [0.1, 0.15) is 11.6 Å². The topological polar surface area (TPSA) is 82.1 Å². The van der Waals surface area contributed by atoms with Gasteiger partial charge in [-0.15, -0.1) is 0 Å². The Morgan fingerprint density at radius 2 is 1.82 bits per heavy atom. The SMILES string of the molecule is CC(C)COc1ccc(CNC(=O)N(Cc2ccc(F)cc2)C[C@@H]2CCCN2C(=O)O)cc1. The average Bonchev–Trinajstić information content (AvgIpc) is 3.26. The Labute approximate surface area is 194 Å². The smallest absolute Gasteiger partial charge is 0.407 e. The number of urea groups is 1. The van der Waals surface area contributed by atoms with Gasteiger partial charge in [0.25, 0.3) is 0 Å². The molecule has 2 aromatic rings. The molecule has 0 bridgehead atoms. The molecule has 2 aromatic carbocycles. The van der Waals surface area contributed by atoms with Crippen LogP contribution in [-0.2, 0) is 13.1 Å². The van der Waals surface area contributed by atoms with Gasteiger partial charge in [-0.2, -0.15) is 0 Å². The molecular weight excluding hydrogens is 425 g/mol. The summed E-state index contributed by atoms with van der Waals surface area (Å²) < 4.78 is 19.0. The van der Waals surface area contributed by atoms with Crippen LogP contribution in [0.15, 0.2) is 48.5 Å². The van der Waals surface area contributed by atoms with Gasteiger partial charge >= 0.3 is 12.1 Å². The number of ether oxygens (including phenoxy) is 1. The van der Waals surface area contributed by atoms with Gasteiger partial charge in [0.15, 0.2) is 0 Å². The fourth-order valence-electron chi connectivity index (χ4n) is 3.82. The minimum atomic E-state index is -0.973. The van der Waals surface area contributed by atoms with Crippen LogP contribution in [-0.4, -0.2) is 52.8 Å². The van der Waals surface area contributed by atoms with Crippen LogP contribution in [0.1, 0.15) is 37.8 Å². The first-order valence-corrected chi connectivity index (χ1v) is 11.3. The lowest BCUT2D eigenvalue weighted by Gasteiger charge is -2.30. The first kappa shape index (κ1) is 24.4. The Bertz CT molecular complexity index is 918. The van der Waals surface area contributed by atoms with E-state index in [0.717, 1.165) is 23.3 Å². The van der Waals surface area contributed by atoms with Crippen molar-refractivity contribution in [2.75, 3.05) is 19.7 Å². The number of nitrogens with zero attached hydrogens (tertiary/aromatic N) is 2. The largest absolute Gasteiger partial charge is 0.493 e. The van der Waals surface area contributed by atoms with Crippen molar-refractivity contribution in [3.8, 4) is 5.75 Å². The van der Waals surface area contributed by atoms with Gasteiger partial charge in [0.05, 0.1) is 12.6 Å². The van der Waals surface area contributed by atoms with E-state index >= 15 is 0 Å². The number of benzene rings is 2. The fraction of sp³-hybridized carbons (Fsp3) is 0.440. The van der Waals surface area contributed by atoms with Gasteiger partial charge in [-0.3, -0.25) is 0 Å². The maximum Gasteiger partial charge on any atom is 0.407 e. The zero-order chi connectivity index (χ0) is 23.8. The number of hydrogen-bond donors (Lipinski definition) is 2. The lowest BCUT2D eigenvalue weighted by atomic mass is 10.1. The minimum Gasteiger partial charge on any atom is -0.493 e. The van der Waals surface area contributed by atoms with Crippen LogP contribution < -0.4 is 10.1 Å². The highest BCUT2D eigenvalue weighted by Gasteiger charge is 2.31. The van der Waals surface area contributed by atoms with Gasteiger partial charge in [0, 0.05) is 26.2 Å². The van der Waals surface area contributed by atoms with Crippen LogP contribution >= 0.6 is 0 Å². The number of carboxylic acid groups (broad SMARTS) is 1. The molecule has 0 saturated carbocycles. The molecule has 1 aliphatic heterocycles. The number of rotatable bonds is 9. The first-order valence-electron chi connectivity index (χ1n) is 11.3. The molecule has 8 heteroatoms. The summed E-state index contributed by atoms with van der Waals surface area (Å²) in [5.41, 5.74) is 1.70. The Hall–Kier alpha value is -3.29. The third-order valence-electron chi connectivity index (χ3n) is 5.58. The summed E-state index contributed by atoms with van der Waals surface area (Å²) >= 11 is 0. The normalized spacial score (nSPS) is 15.5.